The average molecular weight is 288 g/mol. The average Bonchev–Trinajstić information content (AvgIpc) is 2.83. The Morgan fingerprint density at radius 1 is 1.53 bits per heavy atom. The highest BCUT2D eigenvalue weighted by Gasteiger charge is 2.32. The van der Waals surface area contributed by atoms with Crippen molar-refractivity contribution in [1.29, 1.82) is 0 Å². The first-order valence-corrected chi connectivity index (χ1v) is 7.92. The number of carbonyl (C=O) groups is 1. The number of carboxylic acid groups (broad SMARTS) is 1. The second kappa shape index (κ2) is 5.28. The summed E-state index contributed by atoms with van der Waals surface area (Å²) in [6.45, 7) is 1.79. The molecule has 106 valence electrons. The van der Waals surface area contributed by atoms with Crippen molar-refractivity contribution in [1.82, 2.24) is 10.2 Å². The Morgan fingerprint density at radius 3 is 2.84 bits per heavy atom. The molecule has 7 nitrogen and oxygen atoms in total. The zero-order chi connectivity index (χ0) is 14.0. The maximum atomic E-state index is 11.4. The van der Waals surface area contributed by atoms with Crippen LogP contribution in [0.25, 0.3) is 0 Å². The second-order valence-corrected chi connectivity index (χ2v) is 7.27. The van der Waals surface area contributed by atoms with Crippen LogP contribution in [0.1, 0.15) is 37.5 Å². The summed E-state index contributed by atoms with van der Waals surface area (Å²) < 4.78 is 28.2. The molecule has 1 N–H and O–H groups in total. The minimum Gasteiger partial charge on any atom is -0.481 e. The lowest BCUT2D eigenvalue weighted by molar-refractivity contribution is -0.137. The maximum Gasteiger partial charge on any atom is 0.303 e. The van der Waals surface area contributed by atoms with Crippen molar-refractivity contribution in [2.75, 3.05) is 11.5 Å². The van der Waals surface area contributed by atoms with Gasteiger partial charge in [-0.1, -0.05) is 6.92 Å². The normalized spacial score (nSPS) is 23.3. The van der Waals surface area contributed by atoms with Gasteiger partial charge in [0.25, 0.3) is 0 Å². The fourth-order valence-corrected chi connectivity index (χ4v) is 3.90. The number of rotatable bonds is 5. The summed E-state index contributed by atoms with van der Waals surface area (Å²) in [5, 5.41) is 16.4. The van der Waals surface area contributed by atoms with Crippen LogP contribution in [0.4, 0.5) is 0 Å². The zero-order valence-corrected chi connectivity index (χ0v) is 11.4. The van der Waals surface area contributed by atoms with E-state index in [-0.39, 0.29) is 29.8 Å². The van der Waals surface area contributed by atoms with Crippen molar-refractivity contribution in [3.8, 4) is 0 Å². The van der Waals surface area contributed by atoms with Crippen LogP contribution >= 0.6 is 0 Å². The zero-order valence-electron chi connectivity index (χ0n) is 10.6. The Labute approximate surface area is 110 Å². The summed E-state index contributed by atoms with van der Waals surface area (Å²) in [5.74, 6) is -0.260. The van der Waals surface area contributed by atoms with Crippen LogP contribution in [0.3, 0.4) is 0 Å². The molecular weight excluding hydrogens is 272 g/mol. The smallest absolute Gasteiger partial charge is 0.303 e. The van der Waals surface area contributed by atoms with Crippen LogP contribution in [-0.4, -0.2) is 41.2 Å². The third-order valence-electron chi connectivity index (χ3n) is 3.11. The number of aromatic nitrogens is 2. The van der Waals surface area contributed by atoms with Crippen LogP contribution in [0.15, 0.2) is 4.42 Å². The number of carboxylic acids is 1. The first-order valence-electron chi connectivity index (χ1n) is 6.10. The van der Waals surface area contributed by atoms with E-state index >= 15 is 0 Å². The predicted molar refractivity (Wildman–Crippen MR) is 65.4 cm³/mol. The largest absolute Gasteiger partial charge is 0.481 e. The molecule has 1 aliphatic heterocycles. The number of hydrogen-bond donors (Lipinski definition) is 1. The van der Waals surface area contributed by atoms with E-state index in [0.29, 0.717) is 24.6 Å². The number of nitrogens with zero attached hydrogens (tertiary/aromatic N) is 2. The van der Waals surface area contributed by atoms with Gasteiger partial charge in [-0.25, -0.2) is 8.42 Å². The molecule has 2 atom stereocenters. The van der Waals surface area contributed by atoms with Crippen LogP contribution in [-0.2, 0) is 21.1 Å². The van der Waals surface area contributed by atoms with E-state index in [1.807, 2.05) is 0 Å². The van der Waals surface area contributed by atoms with Crippen LogP contribution in [0.2, 0.25) is 0 Å². The SMILES string of the molecule is CC(CC(=O)O)Cc1nnc(C2CCS(=O)(=O)C2)o1. The summed E-state index contributed by atoms with van der Waals surface area (Å²) in [6, 6.07) is 0. The molecule has 19 heavy (non-hydrogen) atoms. The lowest BCUT2D eigenvalue weighted by Crippen LogP contribution is -2.07. The molecule has 2 heterocycles. The van der Waals surface area contributed by atoms with Gasteiger partial charge in [-0.2, -0.15) is 0 Å². The molecule has 1 fully saturated rings. The molecule has 0 aliphatic carbocycles. The first-order chi connectivity index (χ1) is 8.85. The highest BCUT2D eigenvalue weighted by Crippen LogP contribution is 2.28. The standard InChI is InChI=1S/C11H16N2O5S/c1-7(5-10(14)15)4-9-12-13-11(18-9)8-2-3-19(16,17)6-8/h7-8H,2-6H2,1H3,(H,14,15). The van der Waals surface area contributed by atoms with Crippen LogP contribution in [0.5, 0.6) is 0 Å². The molecule has 8 heteroatoms. The predicted octanol–water partition coefficient (Wildman–Crippen LogP) is 0.625. The fraction of sp³-hybridized carbons (Fsp3) is 0.727. The van der Waals surface area contributed by atoms with Gasteiger partial charge in [0.2, 0.25) is 11.8 Å². The van der Waals surface area contributed by atoms with Gasteiger partial charge in [-0.05, 0) is 12.3 Å². The lowest BCUT2D eigenvalue weighted by Gasteiger charge is -2.04. The topological polar surface area (TPSA) is 110 Å². The maximum absolute atomic E-state index is 11.4. The van der Waals surface area contributed by atoms with E-state index in [0.717, 1.165) is 0 Å². The monoisotopic (exact) mass is 288 g/mol. The molecule has 1 aromatic rings. The first kappa shape index (κ1) is 14.0. The van der Waals surface area contributed by atoms with Gasteiger partial charge in [0.15, 0.2) is 9.84 Å². The van der Waals surface area contributed by atoms with Crippen LogP contribution in [0, 0.1) is 5.92 Å². The van der Waals surface area contributed by atoms with Gasteiger partial charge < -0.3 is 9.52 Å². The molecule has 2 unspecified atom stereocenters. The van der Waals surface area contributed by atoms with Gasteiger partial charge in [-0.15, -0.1) is 10.2 Å². The minimum absolute atomic E-state index is 0.0372. The van der Waals surface area contributed by atoms with Gasteiger partial charge in [0.05, 0.1) is 17.4 Å². The van der Waals surface area contributed by atoms with Crippen LogP contribution < -0.4 is 0 Å². The Balaban J connectivity index is 1.98. The van der Waals surface area contributed by atoms with E-state index in [2.05, 4.69) is 10.2 Å². The molecule has 1 aromatic heterocycles. The van der Waals surface area contributed by atoms with Crippen molar-refractivity contribution in [3.05, 3.63) is 11.8 Å². The molecule has 1 aliphatic rings. The number of aliphatic carboxylic acids is 1. The number of sulfone groups is 1. The van der Waals surface area contributed by atoms with Crippen molar-refractivity contribution >= 4 is 15.8 Å². The molecule has 0 radical (unpaired) electrons. The summed E-state index contributed by atoms with van der Waals surface area (Å²) >= 11 is 0. The molecule has 0 bridgehead atoms. The van der Waals surface area contributed by atoms with Gasteiger partial charge >= 0.3 is 5.97 Å². The Bertz CT molecular complexity index is 565. The van der Waals surface area contributed by atoms with Crippen molar-refractivity contribution in [2.24, 2.45) is 5.92 Å². The van der Waals surface area contributed by atoms with Gasteiger partial charge in [0.1, 0.15) is 0 Å². The molecule has 2 rings (SSSR count). The Kier molecular flexibility index (Phi) is 3.88. The minimum atomic E-state index is -2.98. The van der Waals surface area contributed by atoms with Crippen molar-refractivity contribution < 1.29 is 22.7 Å². The van der Waals surface area contributed by atoms with Crippen molar-refractivity contribution in [3.63, 3.8) is 0 Å². The molecule has 0 amide bonds. The van der Waals surface area contributed by atoms with E-state index < -0.39 is 15.8 Å². The third kappa shape index (κ3) is 3.76. The summed E-state index contributed by atoms with van der Waals surface area (Å²) in [4.78, 5) is 10.6. The highest BCUT2D eigenvalue weighted by molar-refractivity contribution is 7.91. The van der Waals surface area contributed by atoms with E-state index in [9.17, 15) is 13.2 Å². The van der Waals surface area contributed by atoms with E-state index in [4.69, 9.17) is 9.52 Å². The van der Waals surface area contributed by atoms with E-state index in [1.165, 1.54) is 0 Å². The Morgan fingerprint density at radius 2 is 2.26 bits per heavy atom. The molecular formula is C11H16N2O5S. The van der Waals surface area contributed by atoms with Gasteiger partial charge in [0, 0.05) is 12.8 Å². The third-order valence-corrected chi connectivity index (χ3v) is 4.88. The number of hydrogen-bond acceptors (Lipinski definition) is 6. The summed E-state index contributed by atoms with van der Waals surface area (Å²) in [6.07, 6.45) is 0.933. The molecule has 1 saturated heterocycles. The quantitative estimate of drug-likeness (QED) is 0.845. The van der Waals surface area contributed by atoms with E-state index in [1.54, 1.807) is 6.92 Å². The summed E-state index contributed by atoms with van der Waals surface area (Å²) in [7, 11) is -2.98. The van der Waals surface area contributed by atoms with Crippen molar-refractivity contribution in [2.45, 2.75) is 32.1 Å². The second-order valence-electron chi connectivity index (χ2n) is 5.04. The Hall–Kier alpha value is -1.44. The lowest BCUT2D eigenvalue weighted by atomic mass is 10.0. The van der Waals surface area contributed by atoms with Gasteiger partial charge in [-0.3, -0.25) is 4.79 Å². The molecule has 0 aromatic carbocycles. The molecule has 0 spiro atoms. The fourth-order valence-electron chi connectivity index (χ4n) is 2.17. The highest BCUT2D eigenvalue weighted by atomic mass is 32.2. The summed E-state index contributed by atoms with van der Waals surface area (Å²) in [5.41, 5.74) is 0. The molecule has 0 saturated carbocycles.